The van der Waals surface area contributed by atoms with E-state index in [0.29, 0.717) is 19.8 Å². The lowest BCUT2D eigenvalue weighted by atomic mass is 9.79. The molecule has 1 heterocycles. The molecule has 0 aromatic rings. The number of carbonyl (C=O) groups excluding carboxylic acids is 1. The van der Waals surface area contributed by atoms with Crippen LogP contribution in [0.3, 0.4) is 0 Å². The van der Waals surface area contributed by atoms with E-state index in [9.17, 15) is 4.79 Å². The molecule has 1 saturated heterocycles. The van der Waals surface area contributed by atoms with Gasteiger partial charge in [0.15, 0.2) is 0 Å². The van der Waals surface area contributed by atoms with Crippen LogP contribution in [-0.2, 0) is 9.53 Å². The zero-order valence-corrected chi connectivity index (χ0v) is 11.0. The highest BCUT2D eigenvalue weighted by Gasteiger charge is 2.40. The molecule has 0 spiro atoms. The van der Waals surface area contributed by atoms with Gasteiger partial charge in [-0.3, -0.25) is 4.79 Å². The van der Waals surface area contributed by atoms with Gasteiger partial charge in [-0.1, -0.05) is 6.92 Å². The minimum absolute atomic E-state index is 0. The molecule has 1 rings (SSSR count). The highest BCUT2D eigenvalue weighted by atomic mass is 35.5. The van der Waals surface area contributed by atoms with E-state index in [2.05, 4.69) is 6.92 Å². The first-order valence-electron chi connectivity index (χ1n) is 5.69. The van der Waals surface area contributed by atoms with E-state index in [-0.39, 0.29) is 23.7 Å². The van der Waals surface area contributed by atoms with E-state index in [4.69, 9.17) is 10.5 Å². The number of halogens is 1. The van der Waals surface area contributed by atoms with Crippen LogP contribution >= 0.6 is 12.4 Å². The van der Waals surface area contributed by atoms with Crippen LogP contribution in [0.5, 0.6) is 0 Å². The Balaban J connectivity index is 0.00000225. The fourth-order valence-electron chi connectivity index (χ4n) is 2.11. The van der Waals surface area contributed by atoms with Gasteiger partial charge in [-0.25, -0.2) is 0 Å². The quantitative estimate of drug-likeness (QED) is 0.811. The molecule has 1 aliphatic rings. The first-order chi connectivity index (χ1) is 7.16. The summed E-state index contributed by atoms with van der Waals surface area (Å²) in [6.45, 7) is 4.62. The third-order valence-electron chi connectivity index (χ3n) is 3.20. The normalized spacial score (nSPS) is 18.7. The minimum Gasteiger partial charge on any atom is -0.381 e. The van der Waals surface area contributed by atoms with Crippen LogP contribution in [0, 0.1) is 5.41 Å². The maximum Gasteiger partial charge on any atom is 0.229 e. The number of amides is 1. The molecule has 0 aromatic heterocycles. The molecule has 2 N–H and O–H groups in total. The average Bonchev–Trinajstić information content (AvgIpc) is 2.29. The lowest BCUT2D eigenvalue weighted by molar-refractivity contribution is -0.145. The predicted molar refractivity (Wildman–Crippen MR) is 66.7 cm³/mol. The molecule has 4 nitrogen and oxygen atoms in total. The Morgan fingerprint density at radius 3 is 2.44 bits per heavy atom. The number of hydrogen-bond donors (Lipinski definition) is 1. The van der Waals surface area contributed by atoms with Crippen molar-refractivity contribution in [3.63, 3.8) is 0 Å². The highest BCUT2D eigenvalue weighted by Crippen LogP contribution is 2.31. The van der Waals surface area contributed by atoms with Crippen molar-refractivity contribution in [3.8, 4) is 0 Å². The van der Waals surface area contributed by atoms with Crippen LogP contribution in [0.2, 0.25) is 0 Å². The van der Waals surface area contributed by atoms with Gasteiger partial charge in [-0.05, 0) is 19.3 Å². The summed E-state index contributed by atoms with van der Waals surface area (Å²) < 4.78 is 5.29. The molecule has 0 aromatic carbocycles. The van der Waals surface area contributed by atoms with Crippen molar-refractivity contribution < 1.29 is 9.53 Å². The van der Waals surface area contributed by atoms with Gasteiger partial charge in [-0.2, -0.15) is 0 Å². The summed E-state index contributed by atoms with van der Waals surface area (Å²) in [6.07, 6.45) is 2.51. The monoisotopic (exact) mass is 250 g/mol. The van der Waals surface area contributed by atoms with E-state index < -0.39 is 0 Å². The fourth-order valence-corrected chi connectivity index (χ4v) is 2.11. The standard InChI is InChI=1S/C11H22N2O2.ClH/c1-3-6-13(2)10(14)11(9-12)4-7-15-8-5-11;/h3-9,12H2,1-2H3;1H. The summed E-state index contributed by atoms with van der Waals surface area (Å²) in [5.41, 5.74) is 5.41. The molecule has 5 heteroatoms. The Hall–Kier alpha value is -0.320. The molecule has 16 heavy (non-hydrogen) atoms. The largest absolute Gasteiger partial charge is 0.381 e. The molecule has 0 saturated carbocycles. The second-order valence-electron chi connectivity index (χ2n) is 4.32. The molecule has 1 fully saturated rings. The van der Waals surface area contributed by atoms with E-state index in [1.807, 2.05) is 7.05 Å². The van der Waals surface area contributed by atoms with E-state index in [1.54, 1.807) is 4.90 Å². The smallest absolute Gasteiger partial charge is 0.229 e. The second kappa shape index (κ2) is 7.09. The molecule has 0 atom stereocenters. The molecule has 96 valence electrons. The average molecular weight is 251 g/mol. The number of carbonyl (C=O) groups is 1. The molecule has 0 bridgehead atoms. The summed E-state index contributed by atoms with van der Waals surface area (Å²) in [5, 5.41) is 0. The van der Waals surface area contributed by atoms with Gasteiger partial charge in [0.25, 0.3) is 0 Å². The van der Waals surface area contributed by atoms with Crippen molar-refractivity contribution in [2.75, 3.05) is 33.4 Å². The summed E-state index contributed by atoms with van der Waals surface area (Å²) in [7, 11) is 1.86. The maximum atomic E-state index is 12.2. The summed E-state index contributed by atoms with van der Waals surface area (Å²) in [6, 6.07) is 0. The van der Waals surface area contributed by atoms with Gasteiger partial charge >= 0.3 is 0 Å². The Morgan fingerprint density at radius 1 is 1.44 bits per heavy atom. The Labute approximate surface area is 104 Å². The number of hydrogen-bond acceptors (Lipinski definition) is 3. The van der Waals surface area contributed by atoms with Crippen LogP contribution in [0.25, 0.3) is 0 Å². The first kappa shape index (κ1) is 15.7. The third-order valence-corrected chi connectivity index (χ3v) is 3.20. The summed E-state index contributed by atoms with van der Waals surface area (Å²) >= 11 is 0. The number of ether oxygens (including phenoxy) is 1. The lowest BCUT2D eigenvalue weighted by Gasteiger charge is -2.37. The molecule has 1 aliphatic heterocycles. The third kappa shape index (κ3) is 3.34. The van der Waals surface area contributed by atoms with Crippen LogP contribution < -0.4 is 5.73 Å². The van der Waals surface area contributed by atoms with Crippen LogP contribution in [0.4, 0.5) is 0 Å². The first-order valence-corrected chi connectivity index (χ1v) is 5.69. The van der Waals surface area contributed by atoms with Gasteiger partial charge in [-0.15, -0.1) is 12.4 Å². The van der Waals surface area contributed by atoms with Crippen molar-refractivity contribution in [1.29, 1.82) is 0 Å². The van der Waals surface area contributed by atoms with E-state index in [1.165, 1.54) is 0 Å². The molecule has 0 radical (unpaired) electrons. The Kier molecular flexibility index (Phi) is 6.95. The maximum absolute atomic E-state index is 12.2. The molecule has 0 unspecified atom stereocenters. The lowest BCUT2D eigenvalue weighted by Crippen LogP contribution is -2.49. The minimum atomic E-state index is -0.359. The molecular formula is C11H23ClN2O2. The van der Waals surface area contributed by atoms with Gasteiger partial charge in [0.2, 0.25) is 5.91 Å². The van der Waals surface area contributed by atoms with Crippen molar-refractivity contribution in [1.82, 2.24) is 4.90 Å². The van der Waals surface area contributed by atoms with Crippen molar-refractivity contribution in [2.24, 2.45) is 11.1 Å². The topological polar surface area (TPSA) is 55.6 Å². The Bertz CT molecular complexity index is 218. The summed E-state index contributed by atoms with van der Waals surface area (Å²) in [4.78, 5) is 14.0. The molecular weight excluding hydrogens is 228 g/mol. The molecule has 0 aliphatic carbocycles. The van der Waals surface area contributed by atoms with Gasteiger partial charge in [0.1, 0.15) is 0 Å². The van der Waals surface area contributed by atoms with Crippen molar-refractivity contribution in [2.45, 2.75) is 26.2 Å². The summed E-state index contributed by atoms with van der Waals surface area (Å²) in [5.74, 6) is 0.190. The zero-order chi connectivity index (χ0) is 11.3. The highest BCUT2D eigenvalue weighted by molar-refractivity contribution is 5.85. The number of nitrogens with two attached hydrogens (primary N) is 1. The second-order valence-corrected chi connectivity index (χ2v) is 4.32. The van der Waals surface area contributed by atoms with Crippen LogP contribution in [0.15, 0.2) is 0 Å². The van der Waals surface area contributed by atoms with Gasteiger partial charge in [0.05, 0.1) is 5.41 Å². The SMILES string of the molecule is CCCN(C)C(=O)C1(CN)CCOCC1.Cl. The van der Waals surface area contributed by atoms with Crippen molar-refractivity contribution in [3.05, 3.63) is 0 Å². The predicted octanol–water partition coefficient (Wildman–Crippen LogP) is 1.03. The number of rotatable bonds is 4. The fraction of sp³-hybridized carbons (Fsp3) is 0.909. The van der Waals surface area contributed by atoms with Gasteiger partial charge < -0.3 is 15.4 Å². The zero-order valence-electron chi connectivity index (χ0n) is 10.2. The van der Waals surface area contributed by atoms with Crippen LogP contribution in [0.1, 0.15) is 26.2 Å². The molecule has 1 amide bonds. The van der Waals surface area contributed by atoms with E-state index in [0.717, 1.165) is 25.8 Å². The van der Waals surface area contributed by atoms with Crippen LogP contribution in [-0.4, -0.2) is 44.2 Å². The number of nitrogens with zero attached hydrogens (tertiary/aromatic N) is 1. The van der Waals surface area contributed by atoms with E-state index >= 15 is 0 Å². The van der Waals surface area contributed by atoms with Gasteiger partial charge in [0, 0.05) is 33.4 Å². The van der Waals surface area contributed by atoms with Crippen molar-refractivity contribution >= 4 is 18.3 Å². The Morgan fingerprint density at radius 2 is 2.00 bits per heavy atom.